The predicted molar refractivity (Wildman–Crippen MR) is 76.8 cm³/mol. The molecule has 4 heteroatoms. The maximum absolute atomic E-state index is 14.1. The average molecular weight is 275 g/mol. The van der Waals surface area contributed by atoms with Gasteiger partial charge in [-0.15, -0.1) is 0 Å². The van der Waals surface area contributed by atoms with Crippen LogP contribution < -0.4 is 10.3 Å². The molecule has 0 aliphatic heterocycles. The van der Waals surface area contributed by atoms with Gasteiger partial charge in [0.25, 0.3) is 5.56 Å². The SMILES string of the molecule is Cc1c[nH]c(=O)c2cc(F)c(OC3CCCCC3)cc12. The van der Waals surface area contributed by atoms with E-state index in [0.717, 1.165) is 36.6 Å². The molecule has 3 rings (SSSR count). The minimum Gasteiger partial charge on any atom is -0.487 e. The Morgan fingerprint density at radius 2 is 1.95 bits per heavy atom. The fourth-order valence-corrected chi connectivity index (χ4v) is 2.85. The molecule has 0 saturated heterocycles. The number of H-pyrrole nitrogens is 1. The molecule has 0 bridgehead atoms. The summed E-state index contributed by atoms with van der Waals surface area (Å²) in [7, 11) is 0. The molecule has 1 aliphatic carbocycles. The van der Waals surface area contributed by atoms with Crippen molar-refractivity contribution in [2.45, 2.75) is 45.1 Å². The molecule has 2 aromatic rings. The van der Waals surface area contributed by atoms with E-state index in [2.05, 4.69) is 4.98 Å². The summed E-state index contributed by atoms with van der Waals surface area (Å²) in [6.07, 6.45) is 7.20. The third-order valence-electron chi connectivity index (χ3n) is 4.01. The first-order valence-electron chi connectivity index (χ1n) is 7.13. The lowest BCUT2D eigenvalue weighted by Gasteiger charge is -2.23. The first-order chi connectivity index (χ1) is 9.65. The van der Waals surface area contributed by atoms with Gasteiger partial charge >= 0.3 is 0 Å². The molecule has 1 N–H and O–H groups in total. The highest BCUT2D eigenvalue weighted by atomic mass is 19.1. The van der Waals surface area contributed by atoms with Crippen LogP contribution in [0.25, 0.3) is 10.8 Å². The number of nitrogens with one attached hydrogen (secondary N) is 1. The van der Waals surface area contributed by atoms with Crippen molar-refractivity contribution in [1.82, 2.24) is 4.98 Å². The van der Waals surface area contributed by atoms with E-state index < -0.39 is 5.82 Å². The Kier molecular flexibility index (Phi) is 3.47. The number of pyridine rings is 1. The van der Waals surface area contributed by atoms with Crippen molar-refractivity contribution < 1.29 is 9.13 Å². The van der Waals surface area contributed by atoms with Crippen LogP contribution in [0, 0.1) is 12.7 Å². The van der Waals surface area contributed by atoms with E-state index in [9.17, 15) is 9.18 Å². The number of ether oxygens (including phenoxy) is 1. The first kappa shape index (κ1) is 13.2. The molecule has 106 valence electrons. The third kappa shape index (κ3) is 2.42. The van der Waals surface area contributed by atoms with Crippen LogP contribution in [-0.2, 0) is 0 Å². The second-order valence-corrected chi connectivity index (χ2v) is 5.51. The summed E-state index contributed by atoms with van der Waals surface area (Å²) in [5.74, 6) is -0.197. The lowest BCUT2D eigenvalue weighted by atomic mass is 9.98. The molecule has 1 fully saturated rings. The minimum absolute atomic E-state index is 0.0954. The maximum Gasteiger partial charge on any atom is 0.255 e. The van der Waals surface area contributed by atoms with Gasteiger partial charge in [0.05, 0.1) is 11.5 Å². The molecule has 0 atom stereocenters. The van der Waals surface area contributed by atoms with Crippen molar-refractivity contribution in [3.05, 3.63) is 40.1 Å². The van der Waals surface area contributed by atoms with Crippen molar-refractivity contribution in [2.75, 3.05) is 0 Å². The fourth-order valence-electron chi connectivity index (χ4n) is 2.85. The van der Waals surface area contributed by atoms with Crippen LogP contribution in [0.3, 0.4) is 0 Å². The Morgan fingerprint density at radius 1 is 1.20 bits per heavy atom. The molecule has 0 spiro atoms. The average Bonchev–Trinajstić information content (AvgIpc) is 2.46. The van der Waals surface area contributed by atoms with E-state index in [1.807, 2.05) is 6.92 Å². The Balaban J connectivity index is 2.01. The van der Waals surface area contributed by atoms with Gasteiger partial charge in [-0.25, -0.2) is 4.39 Å². The topological polar surface area (TPSA) is 42.1 Å². The quantitative estimate of drug-likeness (QED) is 0.908. The van der Waals surface area contributed by atoms with Crippen LogP contribution in [0.15, 0.2) is 23.1 Å². The number of hydrogen-bond donors (Lipinski definition) is 1. The summed E-state index contributed by atoms with van der Waals surface area (Å²) in [6, 6.07) is 2.93. The fraction of sp³-hybridized carbons (Fsp3) is 0.438. The van der Waals surface area contributed by atoms with Crippen LogP contribution in [0.4, 0.5) is 4.39 Å². The van der Waals surface area contributed by atoms with Gasteiger partial charge in [0.1, 0.15) is 0 Å². The molecule has 1 aromatic heterocycles. The normalized spacial score (nSPS) is 16.5. The van der Waals surface area contributed by atoms with Crippen LogP contribution in [0.2, 0.25) is 0 Å². The van der Waals surface area contributed by atoms with Gasteiger partial charge in [-0.1, -0.05) is 6.42 Å². The number of halogens is 1. The summed E-state index contributed by atoms with van der Waals surface area (Å²) < 4.78 is 19.9. The Morgan fingerprint density at radius 3 is 2.70 bits per heavy atom. The smallest absolute Gasteiger partial charge is 0.255 e. The van der Waals surface area contributed by atoms with E-state index in [4.69, 9.17) is 4.74 Å². The highest BCUT2D eigenvalue weighted by Gasteiger charge is 2.18. The van der Waals surface area contributed by atoms with E-state index >= 15 is 0 Å². The number of benzene rings is 1. The van der Waals surface area contributed by atoms with Gasteiger partial charge in [0, 0.05) is 6.20 Å². The molecule has 1 saturated carbocycles. The van der Waals surface area contributed by atoms with Crippen molar-refractivity contribution in [2.24, 2.45) is 0 Å². The number of aryl methyl sites for hydroxylation is 1. The summed E-state index contributed by atoms with van der Waals surface area (Å²) in [4.78, 5) is 14.3. The summed E-state index contributed by atoms with van der Waals surface area (Å²) in [5, 5.41) is 1.12. The second-order valence-electron chi connectivity index (χ2n) is 5.51. The second kappa shape index (κ2) is 5.27. The minimum atomic E-state index is -0.459. The van der Waals surface area contributed by atoms with Crippen molar-refractivity contribution in [1.29, 1.82) is 0 Å². The summed E-state index contributed by atoms with van der Waals surface area (Å²) >= 11 is 0. The monoisotopic (exact) mass is 275 g/mol. The third-order valence-corrected chi connectivity index (χ3v) is 4.01. The van der Waals surface area contributed by atoms with Crippen LogP contribution >= 0.6 is 0 Å². The van der Waals surface area contributed by atoms with E-state index in [0.29, 0.717) is 5.39 Å². The zero-order chi connectivity index (χ0) is 14.1. The zero-order valence-electron chi connectivity index (χ0n) is 11.5. The molecule has 1 aliphatic rings. The van der Waals surface area contributed by atoms with E-state index in [-0.39, 0.29) is 17.4 Å². The first-order valence-corrected chi connectivity index (χ1v) is 7.13. The largest absolute Gasteiger partial charge is 0.487 e. The Hall–Kier alpha value is -1.84. The van der Waals surface area contributed by atoms with Crippen LogP contribution in [-0.4, -0.2) is 11.1 Å². The van der Waals surface area contributed by atoms with Gasteiger partial charge in [-0.3, -0.25) is 4.79 Å². The molecule has 0 amide bonds. The van der Waals surface area contributed by atoms with E-state index in [1.54, 1.807) is 12.3 Å². The van der Waals surface area contributed by atoms with Gasteiger partial charge in [0.2, 0.25) is 0 Å². The number of fused-ring (bicyclic) bond motifs is 1. The molecule has 0 radical (unpaired) electrons. The van der Waals surface area contributed by atoms with Gasteiger partial charge in [-0.2, -0.15) is 0 Å². The molecule has 1 aromatic carbocycles. The molecule has 3 nitrogen and oxygen atoms in total. The maximum atomic E-state index is 14.1. The lowest BCUT2D eigenvalue weighted by molar-refractivity contribution is 0.149. The van der Waals surface area contributed by atoms with Crippen molar-refractivity contribution in [3.63, 3.8) is 0 Å². The molecule has 1 heterocycles. The van der Waals surface area contributed by atoms with Crippen LogP contribution in [0.5, 0.6) is 5.75 Å². The predicted octanol–water partition coefficient (Wildman–Crippen LogP) is 3.69. The van der Waals surface area contributed by atoms with Crippen molar-refractivity contribution >= 4 is 10.8 Å². The summed E-state index contributed by atoms with van der Waals surface area (Å²) in [6.45, 7) is 1.89. The standard InChI is InChI=1S/C16H18FNO2/c1-10-9-18-16(19)13-7-14(17)15(8-12(10)13)20-11-5-3-2-4-6-11/h7-9,11H,2-6H2,1H3,(H,18,19). The molecule has 20 heavy (non-hydrogen) atoms. The Labute approximate surface area is 116 Å². The molecular weight excluding hydrogens is 257 g/mol. The molecular formula is C16H18FNO2. The highest BCUT2D eigenvalue weighted by molar-refractivity contribution is 5.85. The van der Waals surface area contributed by atoms with Crippen LogP contribution in [0.1, 0.15) is 37.7 Å². The van der Waals surface area contributed by atoms with Crippen molar-refractivity contribution in [3.8, 4) is 5.75 Å². The number of aromatic nitrogens is 1. The number of rotatable bonds is 2. The number of hydrogen-bond acceptors (Lipinski definition) is 2. The van der Waals surface area contributed by atoms with Gasteiger partial charge in [-0.05, 0) is 55.7 Å². The van der Waals surface area contributed by atoms with Gasteiger partial charge in [0.15, 0.2) is 11.6 Å². The lowest BCUT2D eigenvalue weighted by Crippen LogP contribution is -2.20. The van der Waals surface area contributed by atoms with Gasteiger partial charge < -0.3 is 9.72 Å². The number of aromatic amines is 1. The van der Waals surface area contributed by atoms with E-state index in [1.165, 1.54) is 12.5 Å². The zero-order valence-corrected chi connectivity index (χ0v) is 11.5. The summed E-state index contributed by atoms with van der Waals surface area (Å²) in [5.41, 5.74) is 0.641. The molecule has 0 unspecified atom stereocenters. The Bertz CT molecular complexity index is 687. The highest BCUT2D eigenvalue weighted by Crippen LogP contribution is 2.29.